The molecule has 22 heavy (non-hydrogen) atoms. The van der Waals surface area contributed by atoms with Crippen LogP contribution in [0.25, 0.3) is 0 Å². The number of urea groups is 1. The van der Waals surface area contributed by atoms with E-state index in [4.69, 9.17) is 5.14 Å². The molecule has 0 radical (unpaired) electrons. The summed E-state index contributed by atoms with van der Waals surface area (Å²) in [7, 11) is -3.67. The minimum atomic E-state index is -3.67. The highest BCUT2D eigenvalue weighted by atomic mass is 32.2. The van der Waals surface area contributed by atoms with Crippen molar-refractivity contribution in [2.24, 2.45) is 5.14 Å². The molecule has 0 bridgehead atoms. The van der Waals surface area contributed by atoms with Crippen LogP contribution in [0.3, 0.4) is 0 Å². The van der Waals surface area contributed by atoms with E-state index < -0.39 is 10.0 Å². The first kappa shape index (κ1) is 15.9. The van der Waals surface area contributed by atoms with Crippen LogP contribution >= 0.6 is 0 Å². The Bertz CT molecular complexity index is 730. The zero-order chi connectivity index (χ0) is 16.0. The summed E-state index contributed by atoms with van der Waals surface area (Å²) in [4.78, 5) is 15.6. The highest BCUT2D eigenvalue weighted by Crippen LogP contribution is 2.09. The fraction of sp³-hybridized carbons (Fsp3) is 0.143. The van der Waals surface area contributed by atoms with E-state index in [2.05, 4.69) is 15.6 Å². The van der Waals surface area contributed by atoms with Gasteiger partial charge in [-0.25, -0.2) is 18.4 Å². The first-order valence-electron chi connectivity index (χ1n) is 6.52. The van der Waals surface area contributed by atoms with E-state index in [0.29, 0.717) is 18.7 Å². The zero-order valence-corrected chi connectivity index (χ0v) is 12.5. The number of primary sulfonamides is 1. The molecule has 0 aliphatic rings. The third-order valence-electron chi connectivity index (χ3n) is 2.87. The van der Waals surface area contributed by atoms with Gasteiger partial charge < -0.3 is 10.6 Å². The van der Waals surface area contributed by atoms with Crippen molar-refractivity contribution in [3.8, 4) is 0 Å². The van der Waals surface area contributed by atoms with Gasteiger partial charge in [-0.05, 0) is 36.2 Å². The minimum Gasteiger partial charge on any atom is -0.338 e. The van der Waals surface area contributed by atoms with Crippen molar-refractivity contribution in [3.05, 3.63) is 54.4 Å². The number of carbonyl (C=O) groups is 1. The van der Waals surface area contributed by atoms with Gasteiger partial charge >= 0.3 is 6.03 Å². The van der Waals surface area contributed by atoms with Gasteiger partial charge in [0, 0.05) is 12.7 Å². The van der Waals surface area contributed by atoms with Crippen molar-refractivity contribution in [1.29, 1.82) is 0 Å². The maximum atomic E-state index is 11.6. The Morgan fingerprint density at radius 2 is 1.91 bits per heavy atom. The Balaban J connectivity index is 1.80. The van der Waals surface area contributed by atoms with E-state index in [1.807, 2.05) is 0 Å². The van der Waals surface area contributed by atoms with Gasteiger partial charge in [-0.2, -0.15) is 0 Å². The first-order chi connectivity index (χ1) is 10.4. The number of rotatable bonds is 5. The van der Waals surface area contributed by atoms with Crippen molar-refractivity contribution < 1.29 is 13.2 Å². The largest absolute Gasteiger partial charge is 0.338 e. The number of hydrogen-bond donors (Lipinski definition) is 3. The summed E-state index contributed by atoms with van der Waals surface area (Å²) in [6, 6.07) is 9.36. The van der Waals surface area contributed by atoms with Crippen LogP contribution < -0.4 is 15.8 Å². The number of sulfonamides is 1. The van der Waals surface area contributed by atoms with Gasteiger partial charge in [-0.1, -0.05) is 12.1 Å². The van der Waals surface area contributed by atoms with Gasteiger partial charge in [-0.15, -0.1) is 0 Å². The Morgan fingerprint density at radius 3 is 2.50 bits per heavy atom. The second kappa shape index (κ2) is 7.01. The number of pyridine rings is 1. The lowest BCUT2D eigenvalue weighted by Crippen LogP contribution is -2.30. The SMILES string of the molecule is NS(=O)(=O)c1ccc(CCNC(=O)Nc2cccnc2)cc1. The van der Waals surface area contributed by atoms with Gasteiger partial charge in [0.2, 0.25) is 10.0 Å². The number of nitrogens with one attached hydrogen (secondary N) is 2. The van der Waals surface area contributed by atoms with Crippen molar-refractivity contribution in [3.63, 3.8) is 0 Å². The van der Waals surface area contributed by atoms with Gasteiger partial charge in [0.15, 0.2) is 0 Å². The first-order valence-corrected chi connectivity index (χ1v) is 8.06. The molecule has 2 aromatic rings. The van der Waals surface area contributed by atoms with Crippen LogP contribution in [0.1, 0.15) is 5.56 Å². The molecular weight excluding hydrogens is 304 g/mol. The molecule has 0 atom stereocenters. The van der Waals surface area contributed by atoms with Crippen LogP contribution in [0.2, 0.25) is 0 Å². The fourth-order valence-corrected chi connectivity index (χ4v) is 2.29. The molecule has 7 nitrogen and oxygen atoms in total. The summed E-state index contributed by atoms with van der Waals surface area (Å²) >= 11 is 0. The summed E-state index contributed by atoms with van der Waals surface area (Å²) in [6.07, 6.45) is 3.74. The molecule has 1 aromatic carbocycles. The predicted octanol–water partition coefficient (Wildman–Crippen LogP) is 1.09. The minimum absolute atomic E-state index is 0.0681. The number of nitrogens with zero attached hydrogens (tertiary/aromatic N) is 1. The van der Waals surface area contributed by atoms with Crippen molar-refractivity contribution in [2.45, 2.75) is 11.3 Å². The predicted molar refractivity (Wildman–Crippen MR) is 82.8 cm³/mol. The normalized spacial score (nSPS) is 11.0. The number of amides is 2. The maximum absolute atomic E-state index is 11.6. The van der Waals surface area contributed by atoms with Crippen LogP contribution in [-0.4, -0.2) is 26.0 Å². The maximum Gasteiger partial charge on any atom is 0.319 e. The van der Waals surface area contributed by atoms with Crippen molar-refractivity contribution in [2.75, 3.05) is 11.9 Å². The second-order valence-electron chi connectivity index (χ2n) is 4.56. The Hall–Kier alpha value is -2.45. The van der Waals surface area contributed by atoms with E-state index in [1.54, 1.807) is 36.7 Å². The van der Waals surface area contributed by atoms with Crippen LogP contribution in [0, 0.1) is 0 Å². The number of aromatic nitrogens is 1. The molecule has 0 fully saturated rings. The Kier molecular flexibility index (Phi) is 5.08. The average Bonchev–Trinajstić information content (AvgIpc) is 2.48. The van der Waals surface area contributed by atoms with E-state index >= 15 is 0 Å². The smallest absolute Gasteiger partial charge is 0.319 e. The van der Waals surface area contributed by atoms with E-state index in [9.17, 15) is 13.2 Å². The third kappa shape index (κ3) is 4.83. The molecule has 2 rings (SSSR count). The summed E-state index contributed by atoms with van der Waals surface area (Å²) in [5.41, 5.74) is 1.51. The van der Waals surface area contributed by atoms with Crippen molar-refractivity contribution in [1.82, 2.24) is 10.3 Å². The summed E-state index contributed by atoms with van der Waals surface area (Å²) in [6.45, 7) is 0.417. The van der Waals surface area contributed by atoms with E-state index in [-0.39, 0.29) is 10.9 Å². The molecule has 0 spiro atoms. The molecule has 0 saturated carbocycles. The lowest BCUT2D eigenvalue weighted by atomic mass is 10.1. The molecule has 116 valence electrons. The Labute approximate surface area is 128 Å². The molecule has 0 unspecified atom stereocenters. The lowest BCUT2D eigenvalue weighted by Gasteiger charge is -2.07. The summed E-state index contributed by atoms with van der Waals surface area (Å²) < 4.78 is 22.3. The highest BCUT2D eigenvalue weighted by molar-refractivity contribution is 7.89. The summed E-state index contributed by atoms with van der Waals surface area (Å²) in [5.74, 6) is 0. The molecule has 2 amide bonds. The van der Waals surface area contributed by atoms with Crippen LogP contribution in [0.15, 0.2) is 53.7 Å². The monoisotopic (exact) mass is 320 g/mol. The topological polar surface area (TPSA) is 114 Å². The average molecular weight is 320 g/mol. The summed E-state index contributed by atoms with van der Waals surface area (Å²) in [5, 5.41) is 10.4. The molecule has 8 heteroatoms. The molecule has 4 N–H and O–H groups in total. The van der Waals surface area contributed by atoms with Gasteiger partial charge in [-0.3, -0.25) is 4.98 Å². The second-order valence-corrected chi connectivity index (χ2v) is 6.12. The zero-order valence-electron chi connectivity index (χ0n) is 11.7. The highest BCUT2D eigenvalue weighted by Gasteiger charge is 2.07. The van der Waals surface area contributed by atoms with Crippen molar-refractivity contribution >= 4 is 21.7 Å². The van der Waals surface area contributed by atoms with Gasteiger partial charge in [0.25, 0.3) is 0 Å². The Morgan fingerprint density at radius 1 is 1.18 bits per heavy atom. The molecule has 1 heterocycles. The molecular formula is C14H16N4O3S. The van der Waals surface area contributed by atoms with Gasteiger partial charge in [0.05, 0.1) is 16.8 Å². The number of carbonyl (C=O) groups excluding carboxylic acids is 1. The molecule has 1 aromatic heterocycles. The van der Waals surface area contributed by atoms with E-state index in [1.165, 1.54) is 12.1 Å². The van der Waals surface area contributed by atoms with Crippen LogP contribution in [0.5, 0.6) is 0 Å². The quantitative estimate of drug-likeness (QED) is 0.765. The van der Waals surface area contributed by atoms with Crippen LogP contribution in [-0.2, 0) is 16.4 Å². The number of anilines is 1. The molecule has 0 saturated heterocycles. The number of benzene rings is 1. The van der Waals surface area contributed by atoms with E-state index in [0.717, 1.165) is 5.56 Å². The number of hydrogen-bond acceptors (Lipinski definition) is 4. The lowest BCUT2D eigenvalue weighted by molar-refractivity contribution is 0.252. The van der Waals surface area contributed by atoms with Crippen LogP contribution in [0.4, 0.5) is 10.5 Å². The fourth-order valence-electron chi connectivity index (χ4n) is 1.78. The third-order valence-corrected chi connectivity index (χ3v) is 3.80. The number of nitrogens with two attached hydrogens (primary N) is 1. The molecule has 0 aliphatic carbocycles. The molecule has 0 aliphatic heterocycles. The standard InChI is InChI=1S/C14H16N4O3S/c15-22(20,21)13-5-3-11(4-6-13)7-9-17-14(19)18-12-2-1-8-16-10-12/h1-6,8,10H,7,9H2,(H2,15,20,21)(H2,17,18,19). The van der Waals surface area contributed by atoms with Gasteiger partial charge in [0.1, 0.15) is 0 Å².